The van der Waals surface area contributed by atoms with Gasteiger partial charge in [-0.15, -0.1) is 0 Å². The largest absolute Gasteiger partial charge is 0.326 e. The van der Waals surface area contributed by atoms with Gasteiger partial charge in [0, 0.05) is 35.7 Å². The minimum atomic E-state index is -0.205. The van der Waals surface area contributed by atoms with Crippen LogP contribution < -0.4 is 10.6 Å². The number of amides is 2. The molecule has 1 saturated carbocycles. The van der Waals surface area contributed by atoms with E-state index in [4.69, 9.17) is 0 Å². The van der Waals surface area contributed by atoms with Gasteiger partial charge in [-0.1, -0.05) is 17.7 Å². The van der Waals surface area contributed by atoms with E-state index in [0.29, 0.717) is 11.3 Å². The fourth-order valence-electron chi connectivity index (χ4n) is 2.85. The van der Waals surface area contributed by atoms with E-state index in [0.717, 1.165) is 29.7 Å². The summed E-state index contributed by atoms with van der Waals surface area (Å²) in [5, 5.41) is 5.64. The van der Waals surface area contributed by atoms with Crippen molar-refractivity contribution in [3.63, 3.8) is 0 Å². The van der Waals surface area contributed by atoms with Crippen molar-refractivity contribution in [3.8, 4) is 0 Å². The average molecular weight is 364 g/mol. The van der Waals surface area contributed by atoms with Gasteiger partial charge in [-0.25, -0.2) is 0 Å². The number of rotatable bonds is 7. The first-order valence-corrected chi connectivity index (χ1v) is 9.23. The molecule has 0 aromatic heterocycles. The van der Waals surface area contributed by atoms with Crippen molar-refractivity contribution in [2.24, 2.45) is 5.92 Å². The first-order valence-electron chi connectivity index (χ1n) is 9.23. The molecule has 1 fully saturated rings. The van der Waals surface area contributed by atoms with Gasteiger partial charge in [-0.05, 0) is 62.6 Å². The molecule has 140 valence electrons. The normalized spacial score (nSPS) is 13.1. The first-order chi connectivity index (χ1) is 12.9. The van der Waals surface area contributed by atoms with E-state index in [9.17, 15) is 14.4 Å². The second-order valence-electron chi connectivity index (χ2n) is 7.13. The monoisotopic (exact) mass is 364 g/mol. The lowest BCUT2D eigenvalue weighted by Gasteiger charge is -2.09. The number of anilines is 2. The predicted octanol–water partition coefficient (Wildman–Crippen LogP) is 4.25. The van der Waals surface area contributed by atoms with Crippen LogP contribution in [0.2, 0.25) is 0 Å². The SMILES string of the molecule is Cc1ccc(C)c(C(=O)CCC(=O)Nc2ccc(NC(=O)C3CC3)cc2)c1. The van der Waals surface area contributed by atoms with Crippen LogP contribution in [0.25, 0.3) is 0 Å². The smallest absolute Gasteiger partial charge is 0.227 e. The highest BCUT2D eigenvalue weighted by molar-refractivity contribution is 6.01. The number of aryl methyl sites for hydroxylation is 2. The van der Waals surface area contributed by atoms with Crippen molar-refractivity contribution >= 4 is 29.0 Å². The summed E-state index contributed by atoms with van der Waals surface area (Å²) < 4.78 is 0. The van der Waals surface area contributed by atoms with E-state index in [1.54, 1.807) is 24.3 Å². The summed E-state index contributed by atoms with van der Waals surface area (Å²) in [6.07, 6.45) is 2.22. The number of nitrogens with one attached hydrogen (secondary N) is 2. The van der Waals surface area contributed by atoms with E-state index in [-0.39, 0.29) is 36.4 Å². The molecule has 0 spiro atoms. The van der Waals surface area contributed by atoms with Gasteiger partial charge < -0.3 is 10.6 Å². The fraction of sp³-hybridized carbons (Fsp3) is 0.318. The maximum absolute atomic E-state index is 12.4. The third-order valence-electron chi connectivity index (χ3n) is 4.66. The molecule has 5 nitrogen and oxygen atoms in total. The van der Waals surface area contributed by atoms with Crippen LogP contribution in [0.1, 0.15) is 47.2 Å². The van der Waals surface area contributed by atoms with E-state index >= 15 is 0 Å². The molecule has 0 saturated heterocycles. The number of carbonyl (C=O) groups is 3. The highest BCUT2D eigenvalue weighted by Crippen LogP contribution is 2.30. The Morgan fingerprint density at radius 3 is 2.15 bits per heavy atom. The van der Waals surface area contributed by atoms with Crippen molar-refractivity contribution < 1.29 is 14.4 Å². The van der Waals surface area contributed by atoms with Gasteiger partial charge in [-0.3, -0.25) is 14.4 Å². The zero-order chi connectivity index (χ0) is 19.4. The lowest BCUT2D eigenvalue weighted by Crippen LogP contribution is -2.15. The third-order valence-corrected chi connectivity index (χ3v) is 4.66. The number of hydrogen-bond acceptors (Lipinski definition) is 3. The van der Waals surface area contributed by atoms with Crippen LogP contribution in [0.3, 0.4) is 0 Å². The average Bonchev–Trinajstić information content (AvgIpc) is 3.48. The summed E-state index contributed by atoms with van der Waals surface area (Å²) in [5.41, 5.74) is 3.99. The molecule has 3 rings (SSSR count). The quantitative estimate of drug-likeness (QED) is 0.721. The van der Waals surface area contributed by atoms with E-state index in [1.165, 1.54) is 0 Å². The number of ketones is 1. The predicted molar refractivity (Wildman–Crippen MR) is 106 cm³/mol. The molecular formula is C22H24N2O3. The van der Waals surface area contributed by atoms with E-state index < -0.39 is 0 Å². The molecule has 2 aromatic rings. The second-order valence-corrected chi connectivity index (χ2v) is 7.13. The molecule has 0 unspecified atom stereocenters. The lowest BCUT2D eigenvalue weighted by atomic mass is 9.99. The Hall–Kier alpha value is -2.95. The standard InChI is InChI=1S/C22H24N2O3/c1-14-3-4-15(2)19(13-14)20(25)11-12-21(26)23-17-7-9-18(10-8-17)24-22(27)16-5-6-16/h3-4,7-10,13,16H,5-6,11-12H2,1-2H3,(H,23,26)(H,24,27). The molecular weight excluding hydrogens is 340 g/mol. The van der Waals surface area contributed by atoms with Gasteiger partial charge in [-0.2, -0.15) is 0 Å². The summed E-state index contributed by atoms with van der Waals surface area (Å²) in [6.45, 7) is 3.84. The van der Waals surface area contributed by atoms with Gasteiger partial charge in [0.1, 0.15) is 0 Å². The molecule has 1 aliphatic rings. The summed E-state index contributed by atoms with van der Waals surface area (Å²) in [4.78, 5) is 36.2. The molecule has 2 N–H and O–H groups in total. The molecule has 0 heterocycles. The fourth-order valence-corrected chi connectivity index (χ4v) is 2.85. The molecule has 0 atom stereocenters. The van der Waals surface area contributed by atoms with Crippen molar-refractivity contribution in [1.29, 1.82) is 0 Å². The van der Waals surface area contributed by atoms with Crippen molar-refractivity contribution in [2.75, 3.05) is 10.6 Å². The highest BCUT2D eigenvalue weighted by atomic mass is 16.2. The molecule has 2 amide bonds. The van der Waals surface area contributed by atoms with E-state index in [1.807, 2.05) is 32.0 Å². The molecule has 0 radical (unpaired) electrons. The lowest BCUT2D eigenvalue weighted by molar-refractivity contribution is -0.117. The van der Waals surface area contributed by atoms with Crippen LogP contribution in [0.5, 0.6) is 0 Å². The molecule has 0 bridgehead atoms. The Labute approximate surface area is 159 Å². The summed E-state index contributed by atoms with van der Waals surface area (Å²) in [5.74, 6) is -0.0244. The Bertz CT molecular complexity index is 868. The van der Waals surface area contributed by atoms with Crippen molar-refractivity contribution in [1.82, 2.24) is 0 Å². The van der Waals surface area contributed by atoms with Crippen LogP contribution in [-0.2, 0) is 9.59 Å². The zero-order valence-corrected chi connectivity index (χ0v) is 15.7. The van der Waals surface area contributed by atoms with Crippen LogP contribution in [0, 0.1) is 19.8 Å². The zero-order valence-electron chi connectivity index (χ0n) is 15.7. The summed E-state index contributed by atoms with van der Waals surface area (Å²) in [7, 11) is 0. The van der Waals surface area contributed by atoms with Crippen molar-refractivity contribution in [2.45, 2.75) is 39.5 Å². The van der Waals surface area contributed by atoms with Gasteiger partial charge in [0.05, 0.1) is 0 Å². The van der Waals surface area contributed by atoms with Gasteiger partial charge in [0.15, 0.2) is 5.78 Å². The maximum Gasteiger partial charge on any atom is 0.227 e. The topological polar surface area (TPSA) is 75.3 Å². The minimum absolute atomic E-state index is 0.0236. The molecule has 2 aromatic carbocycles. The Morgan fingerprint density at radius 1 is 0.889 bits per heavy atom. The number of carbonyl (C=O) groups excluding carboxylic acids is 3. The van der Waals surface area contributed by atoms with Gasteiger partial charge in [0.2, 0.25) is 11.8 Å². The number of hydrogen-bond donors (Lipinski definition) is 2. The second kappa shape index (κ2) is 8.16. The van der Waals surface area contributed by atoms with Gasteiger partial charge >= 0.3 is 0 Å². The summed E-state index contributed by atoms with van der Waals surface area (Å²) in [6, 6.07) is 12.8. The summed E-state index contributed by atoms with van der Waals surface area (Å²) >= 11 is 0. The molecule has 1 aliphatic carbocycles. The minimum Gasteiger partial charge on any atom is -0.326 e. The number of Topliss-reactive ketones (excluding diaryl/α,β-unsaturated/α-hetero) is 1. The number of benzene rings is 2. The highest BCUT2D eigenvalue weighted by Gasteiger charge is 2.29. The van der Waals surface area contributed by atoms with Crippen LogP contribution in [0.4, 0.5) is 11.4 Å². The Morgan fingerprint density at radius 2 is 1.52 bits per heavy atom. The van der Waals surface area contributed by atoms with Crippen LogP contribution >= 0.6 is 0 Å². The van der Waals surface area contributed by atoms with Crippen molar-refractivity contribution in [3.05, 3.63) is 59.2 Å². The molecule has 27 heavy (non-hydrogen) atoms. The van der Waals surface area contributed by atoms with Crippen LogP contribution in [-0.4, -0.2) is 17.6 Å². The Balaban J connectivity index is 1.49. The first kappa shape index (κ1) is 18.8. The maximum atomic E-state index is 12.4. The van der Waals surface area contributed by atoms with Gasteiger partial charge in [0.25, 0.3) is 0 Å². The Kier molecular flexibility index (Phi) is 5.69. The third kappa shape index (κ3) is 5.26. The van der Waals surface area contributed by atoms with E-state index in [2.05, 4.69) is 10.6 Å². The molecule has 0 aliphatic heterocycles. The molecule has 5 heteroatoms. The van der Waals surface area contributed by atoms with Crippen LogP contribution in [0.15, 0.2) is 42.5 Å².